The van der Waals surface area contributed by atoms with E-state index in [0.29, 0.717) is 5.15 Å². The molecule has 0 aliphatic rings. The summed E-state index contributed by atoms with van der Waals surface area (Å²) in [5.41, 5.74) is 1.73. The molecule has 0 fully saturated rings. The molecule has 0 aliphatic carbocycles. The van der Waals surface area contributed by atoms with Crippen LogP contribution in [0.25, 0.3) is 11.0 Å². The van der Waals surface area contributed by atoms with Crippen molar-refractivity contribution in [3.63, 3.8) is 0 Å². The molecular formula is C8H7ClN3. The van der Waals surface area contributed by atoms with E-state index in [0.717, 1.165) is 11.0 Å². The number of fused-ring (bicyclic) bond motifs is 1. The van der Waals surface area contributed by atoms with Crippen molar-refractivity contribution in [1.82, 2.24) is 14.5 Å². The number of nitrogens with zero attached hydrogens (tertiary/aromatic N) is 3. The third-order valence-corrected chi connectivity index (χ3v) is 2.01. The Labute approximate surface area is 75.0 Å². The van der Waals surface area contributed by atoms with Crippen molar-refractivity contribution in [3.8, 4) is 0 Å². The Hall–Kier alpha value is -1.09. The van der Waals surface area contributed by atoms with Gasteiger partial charge in [0.1, 0.15) is 11.8 Å². The Morgan fingerprint density at radius 2 is 2.33 bits per heavy atom. The normalized spacial score (nSPS) is 10.8. The van der Waals surface area contributed by atoms with Crippen LogP contribution in [0.1, 0.15) is 6.92 Å². The molecule has 0 amide bonds. The summed E-state index contributed by atoms with van der Waals surface area (Å²) in [6.07, 6.45) is 3.37. The molecule has 0 aliphatic heterocycles. The first-order valence-electron chi connectivity index (χ1n) is 3.59. The van der Waals surface area contributed by atoms with E-state index < -0.39 is 0 Å². The molecule has 2 aromatic rings. The number of hydrogen-bond acceptors (Lipinski definition) is 2. The fourth-order valence-electron chi connectivity index (χ4n) is 1.17. The summed E-state index contributed by atoms with van der Waals surface area (Å²) in [6, 6.07) is 1.91. The van der Waals surface area contributed by atoms with E-state index in [9.17, 15) is 0 Å². The van der Waals surface area contributed by atoms with Crippen LogP contribution in [0.15, 0.2) is 18.6 Å². The topological polar surface area (TPSA) is 30.7 Å². The zero-order valence-corrected chi connectivity index (χ0v) is 7.28. The molecular weight excluding hydrogens is 174 g/mol. The largest absolute Gasteiger partial charge is 0.339 e. The van der Waals surface area contributed by atoms with Crippen LogP contribution < -0.4 is 0 Å². The molecule has 3 nitrogen and oxygen atoms in total. The van der Waals surface area contributed by atoms with Gasteiger partial charge in [0, 0.05) is 6.20 Å². The van der Waals surface area contributed by atoms with E-state index in [1.54, 1.807) is 0 Å². The van der Waals surface area contributed by atoms with Crippen LogP contribution in [-0.4, -0.2) is 14.5 Å². The van der Waals surface area contributed by atoms with Crippen LogP contribution in [-0.2, 0) is 0 Å². The second kappa shape index (κ2) is 2.75. The molecule has 2 aromatic heterocycles. The average Bonchev–Trinajstić information content (AvgIpc) is 2.49. The van der Waals surface area contributed by atoms with Crippen LogP contribution >= 0.6 is 11.6 Å². The molecule has 4 heteroatoms. The highest BCUT2D eigenvalue weighted by molar-refractivity contribution is 6.33. The standard InChI is InChI=1S/C8H7ClN3/c1-2-12-4-3-6-7(12)8(9)11-5-10-6/h2-5H,1H3. The lowest BCUT2D eigenvalue weighted by Gasteiger charge is -1.99. The van der Waals surface area contributed by atoms with E-state index in [2.05, 4.69) is 9.97 Å². The van der Waals surface area contributed by atoms with Gasteiger partial charge >= 0.3 is 0 Å². The van der Waals surface area contributed by atoms with Gasteiger partial charge < -0.3 is 4.57 Å². The van der Waals surface area contributed by atoms with Gasteiger partial charge in [-0.3, -0.25) is 0 Å². The van der Waals surface area contributed by atoms with E-state index in [1.807, 2.05) is 30.3 Å². The van der Waals surface area contributed by atoms with Gasteiger partial charge in [-0.2, -0.15) is 0 Å². The van der Waals surface area contributed by atoms with E-state index >= 15 is 0 Å². The van der Waals surface area contributed by atoms with Gasteiger partial charge in [-0.15, -0.1) is 0 Å². The van der Waals surface area contributed by atoms with Crippen molar-refractivity contribution in [2.75, 3.05) is 0 Å². The van der Waals surface area contributed by atoms with Crippen molar-refractivity contribution in [2.45, 2.75) is 6.92 Å². The summed E-state index contributed by atoms with van der Waals surface area (Å²) in [5, 5.41) is 0.489. The lowest BCUT2D eigenvalue weighted by Crippen LogP contribution is -1.90. The molecule has 0 aromatic carbocycles. The third kappa shape index (κ3) is 0.975. The Morgan fingerprint density at radius 3 is 3.08 bits per heavy atom. The van der Waals surface area contributed by atoms with E-state index in [1.165, 1.54) is 6.33 Å². The minimum absolute atomic E-state index is 0.489. The van der Waals surface area contributed by atoms with Gasteiger partial charge in [-0.25, -0.2) is 9.97 Å². The maximum atomic E-state index is 5.89. The minimum Gasteiger partial charge on any atom is -0.339 e. The Balaban J connectivity index is 2.83. The number of halogens is 1. The molecule has 0 unspecified atom stereocenters. The van der Waals surface area contributed by atoms with Crippen molar-refractivity contribution in [1.29, 1.82) is 0 Å². The Bertz CT molecular complexity index is 408. The SMILES string of the molecule is C[CH]n1ccc2ncnc(Cl)c21. The zero-order valence-electron chi connectivity index (χ0n) is 6.53. The molecule has 0 spiro atoms. The molecule has 0 bridgehead atoms. The predicted octanol–water partition coefficient (Wildman–Crippen LogP) is 2.11. The monoisotopic (exact) mass is 180 g/mol. The molecule has 0 saturated heterocycles. The van der Waals surface area contributed by atoms with Gasteiger partial charge in [-0.05, 0) is 13.0 Å². The van der Waals surface area contributed by atoms with Crippen molar-refractivity contribution in [3.05, 3.63) is 30.3 Å². The van der Waals surface area contributed by atoms with Crippen LogP contribution in [0.3, 0.4) is 0 Å². The quantitative estimate of drug-likeness (QED) is 0.630. The fourth-order valence-corrected chi connectivity index (χ4v) is 1.41. The minimum atomic E-state index is 0.489. The molecule has 2 rings (SSSR count). The summed E-state index contributed by atoms with van der Waals surface area (Å²) in [5.74, 6) is 0. The molecule has 61 valence electrons. The highest BCUT2D eigenvalue weighted by atomic mass is 35.5. The maximum Gasteiger partial charge on any atom is 0.156 e. The van der Waals surface area contributed by atoms with Crippen LogP contribution in [0, 0.1) is 6.54 Å². The van der Waals surface area contributed by atoms with Gasteiger partial charge in [0.15, 0.2) is 5.15 Å². The summed E-state index contributed by atoms with van der Waals surface area (Å²) < 4.78 is 1.90. The summed E-state index contributed by atoms with van der Waals surface area (Å²) in [6.45, 7) is 3.85. The highest BCUT2D eigenvalue weighted by Gasteiger charge is 2.04. The van der Waals surface area contributed by atoms with Crippen molar-refractivity contribution >= 4 is 22.6 Å². The first-order chi connectivity index (χ1) is 5.83. The third-order valence-electron chi connectivity index (χ3n) is 1.74. The first-order valence-corrected chi connectivity index (χ1v) is 3.97. The second-order valence-corrected chi connectivity index (χ2v) is 2.74. The van der Waals surface area contributed by atoms with E-state index in [-0.39, 0.29) is 0 Å². The summed E-state index contributed by atoms with van der Waals surface area (Å²) in [4.78, 5) is 7.98. The van der Waals surface area contributed by atoms with Gasteiger partial charge in [0.05, 0.1) is 12.1 Å². The average molecular weight is 181 g/mol. The van der Waals surface area contributed by atoms with Crippen LogP contribution in [0.4, 0.5) is 0 Å². The second-order valence-electron chi connectivity index (χ2n) is 2.38. The summed E-state index contributed by atoms with van der Waals surface area (Å²) >= 11 is 5.89. The van der Waals surface area contributed by atoms with Gasteiger partial charge in [0.2, 0.25) is 0 Å². The molecule has 0 saturated carbocycles. The fraction of sp³-hybridized carbons (Fsp3) is 0.125. The zero-order chi connectivity index (χ0) is 8.55. The lowest BCUT2D eigenvalue weighted by molar-refractivity contribution is 1.00. The Morgan fingerprint density at radius 1 is 1.50 bits per heavy atom. The molecule has 0 N–H and O–H groups in total. The smallest absolute Gasteiger partial charge is 0.156 e. The van der Waals surface area contributed by atoms with Crippen molar-refractivity contribution in [2.24, 2.45) is 0 Å². The van der Waals surface area contributed by atoms with Crippen LogP contribution in [0.5, 0.6) is 0 Å². The molecule has 1 radical (unpaired) electrons. The first kappa shape index (κ1) is 7.55. The maximum absolute atomic E-state index is 5.89. The number of rotatable bonds is 1. The van der Waals surface area contributed by atoms with E-state index in [4.69, 9.17) is 11.6 Å². The molecule has 12 heavy (non-hydrogen) atoms. The van der Waals surface area contributed by atoms with Crippen molar-refractivity contribution < 1.29 is 0 Å². The Kier molecular flexibility index (Phi) is 1.73. The van der Waals surface area contributed by atoms with Gasteiger partial charge in [-0.1, -0.05) is 11.6 Å². The molecule has 2 heterocycles. The number of aromatic nitrogens is 3. The predicted molar refractivity (Wildman–Crippen MR) is 47.9 cm³/mol. The van der Waals surface area contributed by atoms with Gasteiger partial charge in [0.25, 0.3) is 0 Å². The highest BCUT2D eigenvalue weighted by Crippen LogP contribution is 2.20. The molecule has 0 atom stereocenters. The van der Waals surface area contributed by atoms with Crippen LogP contribution in [0.2, 0.25) is 5.15 Å². The summed E-state index contributed by atoms with van der Waals surface area (Å²) in [7, 11) is 0. The number of hydrogen-bond donors (Lipinski definition) is 0. The lowest BCUT2D eigenvalue weighted by atomic mass is 10.5.